The molecule has 1 rings (SSSR count). The van der Waals surface area contributed by atoms with Gasteiger partial charge in [-0.2, -0.15) is 13.2 Å². The summed E-state index contributed by atoms with van der Waals surface area (Å²) in [5.41, 5.74) is -0.731. The molecule has 0 atom stereocenters. The van der Waals surface area contributed by atoms with E-state index in [1.54, 1.807) is 14.1 Å². The van der Waals surface area contributed by atoms with E-state index in [1.165, 1.54) is 11.1 Å². The molecule has 1 heterocycles. The Labute approximate surface area is 106 Å². The predicted molar refractivity (Wildman–Crippen MR) is 64.1 cm³/mol. The first-order chi connectivity index (χ1) is 7.86. The lowest BCUT2D eigenvalue weighted by Gasteiger charge is -2.22. The third kappa shape index (κ3) is 3.85. The second-order valence-corrected chi connectivity index (χ2v) is 4.46. The van der Waals surface area contributed by atoms with Crippen LogP contribution < -0.4 is 10.2 Å². The maximum atomic E-state index is 12.8. The van der Waals surface area contributed by atoms with Gasteiger partial charge in [-0.15, -0.1) is 0 Å². The van der Waals surface area contributed by atoms with Gasteiger partial charge in [-0.25, -0.2) is 4.98 Å². The SMILES string of the molecule is CNCCN(C)c1ncc(Br)cc1C(F)(F)F. The lowest BCUT2D eigenvalue weighted by atomic mass is 10.2. The Morgan fingerprint density at radius 1 is 1.47 bits per heavy atom. The maximum Gasteiger partial charge on any atom is 0.419 e. The number of aromatic nitrogens is 1. The summed E-state index contributed by atoms with van der Waals surface area (Å²) >= 11 is 3.00. The van der Waals surface area contributed by atoms with Crippen molar-refractivity contribution >= 4 is 21.7 Å². The van der Waals surface area contributed by atoms with Crippen LogP contribution in [0.25, 0.3) is 0 Å². The molecule has 0 aliphatic rings. The Kier molecular flexibility index (Phi) is 4.76. The summed E-state index contributed by atoms with van der Waals surface area (Å²) in [5, 5.41) is 2.88. The fourth-order valence-electron chi connectivity index (χ4n) is 1.33. The van der Waals surface area contributed by atoms with E-state index in [9.17, 15) is 13.2 Å². The lowest BCUT2D eigenvalue weighted by Crippen LogP contribution is -2.29. The third-order valence-electron chi connectivity index (χ3n) is 2.20. The molecular weight excluding hydrogens is 299 g/mol. The smallest absolute Gasteiger partial charge is 0.358 e. The molecule has 0 aromatic carbocycles. The first-order valence-electron chi connectivity index (χ1n) is 4.94. The number of anilines is 1. The zero-order valence-corrected chi connectivity index (χ0v) is 11.1. The van der Waals surface area contributed by atoms with Crippen LogP contribution in [0.15, 0.2) is 16.7 Å². The van der Waals surface area contributed by atoms with E-state index in [0.29, 0.717) is 17.6 Å². The van der Waals surface area contributed by atoms with Gasteiger partial charge in [0.05, 0.1) is 5.56 Å². The molecule has 0 aliphatic carbocycles. The number of nitrogens with one attached hydrogen (secondary N) is 1. The third-order valence-corrected chi connectivity index (χ3v) is 2.63. The molecule has 0 saturated carbocycles. The highest BCUT2D eigenvalue weighted by Crippen LogP contribution is 2.36. The van der Waals surface area contributed by atoms with Gasteiger partial charge in [0, 0.05) is 30.8 Å². The molecule has 0 radical (unpaired) electrons. The minimum absolute atomic E-state index is 0.0593. The zero-order valence-electron chi connectivity index (χ0n) is 9.48. The van der Waals surface area contributed by atoms with E-state index >= 15 is 0 Å². The summed E-state index contributed by atoms with van der Waals surface area (Å²) in [4.78, 5) is 5.31. The second-order valence-electron chi connectivity index (χ2n) is 3.55. The molecule has 1 aromatic rings. The van der Waals surface area contributed by atoms with E-state index in [4.69, 9.17) is 0 Å². The van der Waals surface area contributed by atoms with Crippen molar-refractivity contribution in [3.8, 4) is 0 Å². The van der Waals surface area contributed by atoms with Gasteiger partial charge >= 0.3 is 6.18 Å². The number of rotatable bonds is 4. The number of pyridine rings is 1. The Morgan fingerprint density at radius 2 is 2.12 bits per heavy atom. The van der Waals surface area contributed by atoms with Gasteiger partial charge in [-0.3, -0.25) is 0 Å². The van der Waals surface area contributed by atoms with Gasteiger partial charge in [0.25, 0.3) is 0 Å². The molecule has 0 saturated heterocycles. The first-order valence-corrected chi connectivity index (χ1v) is 5.74. The van der Waals surface area contributed by atoms with Crippen LogP contribution in [0.2, 0.25) is 0 Å². The monoisotopic (exact) mass is 311 g/mol. The minimum atomic E-state index is -4.40. The molecule has 0 fully saturated rings. The molecule has 7 heteroatoms. The van der Waals surface area contributed by atoms with Crippen LogP contribution in [0.5, 0.6) is 0 Å². The van der Waals surface area contributed by atoms with Gasteiger partial charge in [0.15, 0.2) is 0 Å². The highest BCUT2D eigenvalue weighted by atomic mass is 79.9. The average Bonchev–Trinajstić information content (AvgIpc) is 2.24. The molecule has 17 heavy (non-hydrogen) atoms. The summed E-state index contributed by atoms with van der Waals surface area (Å²) in [6, 6.07) is 1.04. The zero-order chi connectivity index (χ0) is 13.1. The predicted octanol–water partition coefficient (Wildman–Crippen LogP) is 2.52. The van der Waals surface area contributed by atoms with Gasteiger partial charge in [0.2, 0.25) is 0 Å². The van der Waals surface area contributed by atoms with Crippen LogP contribution in [-0.2, 0) is 6.18 Å². The normalized spacial score (nSPS) is 11.6. The number of hydrogen-bond donors (Lipinski definition) is 1. The van der Waals surface area contributed by atoms with Crippen molar-refractivity contribution < 1.29 is 13.2 Å². The van der Waals surface area contributed by atoms with E-state index in [1.807, 2.05) is 0 Å². The summed E-state index contributed by atoms with van der Waals surface area (Å²) in [6.45, 7) is 1.04. The Morgan fingerprint density at radius 3 is 2.65 bits per heavy atom. The number of halogens is 4. The fourth-order valence-corrected chi connectivity index (χ4v) is 1.66. The van der Waals surface area contributed by atoms with Crippen LogP contribution in [0, 0.1) is 0 Å². The van der Waals surface area contributed by atoms with Crippen molar-refractivity contribution in [1.82, 2.24) is 10.3 Å². The molecule has 0 amide bonds. The molecule has 0 aliphatic heterocycles. The summed E-state index contributed by atoms with van der Waals surface area (Å²) in [6.07, 6.45) is -3.04. The highest BCUT2D eigenvalue weighted by molar-refractivity contribution is 9.10. The van der Waals surface area contributed by atoms with Crippen LogP contribution in [0.3, 0.4) is 0 Å². The van der Waals surface area contributed by atoms with E-state index in [0.717, 1.165) is 6.07 Å². The number of likely N-dealkylation sites (N-methyl/N-ethyl adjacent to an activating group) is 2. The second kappa shape index (κ2) is 5.68. The summed E-state index contributed by atoms with van der Waals surface area (Å²) in [5.74, 6) is -0.0593. The van der Waals surface area contributed by atoms with Crippen LogP contribution >= 0.6 is 15.9 Å². The van der Waals surface area contributed by atoms with Crippen LogP contribution in [-0.4, -0.2) is 32.2 Å². The van der Waals surface area contributed by atoms with E-state index in [-0.39, 0.29) is 5.82 Å². The van der Waals surface area contributed by atoms with Crippen LogP contribution in [0.1, 0.15) is 5.56 Å². The molecule has 3 nitrogen and oxygen atoms in total. The summed E-state index contributed by atoms with van der Waals surface area (Å²) < 4.78 is 38.7. The van der Waals surface area contributed by atoms with Crippen molar-refractivity contribution in [3.05, 3.63) is 22.3 Å². The van der Waals surface area contributed by atoms with E-state index < -0.39 is 11.7 Å². The van der Waals surface area contributed by atoms with Crippen molar-refractivity contribution in [3.63, 3.8) is 0 Å². The van der Waals surface area contributed by atoms with Crippen LogP contribution in [0.4, 0.5) is 19.0 Å². The van der Waals surface area contributed by atoms with Gasteiger partial charge in [0.1, 0.15) is 5.82 Å². The summed E-state index contributed by atoms with van der Waals surface area (Å²) in [7, 11) is 3.33. The number of nitrogens with zero attached hydrogens (tertiary/aromatic N) is 2. The van der Waals surface area contributed by atoms with Crippen molar-refractivity contribution in [1.29, 1.82) is 0 Å². The average molecular weight is 312 g/mol. The Balaban J connectivity index is 3.06. The topological polar surface area (TPSA) is 28.2 Å². The molecule has 96 valence electrons. The Bertz CT molecular complexity index is 382. The van der Waals surface area contributed by atoms with Crippen molar-refractivity contribution in [2.24, 2.45) is 0 Å². The van der Waals surface area contributed by atoms with Crippen molar-refractivity contribution in [2.75, 3.05) is 32.1 Å². The molecule has 0 bridgehead atoms. The van der Waals surface area contributed by atoms with Gasteiger partial charge < -0.3 is 10.2 Å². The standard InChI is InChI=1S/C10H13BrF3N3/c1-15-3-4-17(2)9-8(10(12,13)14)5-7(11)6-16-9/h5-6,15H,3-4H2,1-2H3. The molecule has 0 unspecified atom stereocenters. The molecule has 1 N–H and O–H groups in total. The van der Waals surface area contributed by atoms with Gasteiger partial charge in [-0.05, 0) is 29.0 Å². The molecular formula is C10H13BrF3N3. The lowest BCUT2D eigenvalue weighted by molar-refractivity contribution is -0.137. The fraction of sp³-hybridized carbons (Fsp3) is 0.500. The molecule has 1 aromatic heterocycles. The highest BCUT2D eigenvalue weighted by Gasteiger charge is 2.35. The first kappa shape index (κ1) is 14.2. The van der Waals surface area contributed by atoms with Gasteiger partial charge in [-0.1, -0.05) is 0 Å². The largest absolute Gasteiger partial charge is 0.419 e. The number of alkyl halides is 3. The maximum absolute atomic E-state index is 12.8. The number of hydrogen-bond acceptors (Lipinski definition) is 3. The van der Waals surface area contributed by atoms with Crippen molar-refractivity contribution in [2.45, 2.75) is 6.18 Å². The molecule has 0 spiro atoms. The minimum Gasteiger partial charge on any atom is -0.358 e. The van der Waals surface area contributed by atoms with E-state index in [2.05, 4.69) is 26.2 Å². The quantitative estimate of drug-likeness (QED) is 0.926. The Hall–Kier alpha value is -0.820.